The molecule has 1 aliphatic rings. The minimum Gasteiger partial charge on any atom is -0.493 e. The average molecular weight is 518 g/mol. The number of carbonyl (C=O) groups excluding carboxylic acids is 1. The summed E-state index contributed by atoms with van der Waals surface area (Å²) < 4.78 is 11.0. The summed E-state index contributed by atoms with van der Waals surface area (Å²) in [4.78, 5) is 18.8. The first kappa shape index (κ1) is 25.3. The number of benzene rings is 1. The molecule has 7 nitrogen and oxygen atoms in total. The van der Waals surface area contributed by atoms with E-state index < -0.39 is 0 Å². The molecule has 0 radical (unpaired) electrons. The van der Waals surface area contributed by atoms with Gasteiger partial charge in [0.15, 0.2) is 24.1 Å². The smallest absolute Gasteiger partial charge is 0.257 e. The van der Waals surface area contributed by atoms with E-state index in [-0.39, 0.29) is 36.5 Å². The molecule has 164 valence electrons. The number of piperidine rings is 1. The average Bonchev–Trinajstić information content (AvgIpc) is 2.70. The molecule has 8 heteroatoms. The molecule has 1 unspecified atom stereocenters. The zero-order chi connectivity index (χ0) is 20.4. The fraction of sp³-hybridized carbons (Fsp3) is 0.619. The number of halogens is 1. The summed E-state index contributed by atoms with van der Waals surface area (Å²) in [7, 11) is 1.60. The van der Waals surface area contributed by atoms with E-state index in [0.29, 0.717) is 30.5 Å². The molecule has 0 aliphatic carbocycles. The number of likely N-dealkylation sites (N-methyl/N-ethyl adjacent to an activating group) is 1. The molecule has 1 amide bonds. The summed E-state index contributed by atoms with van der Waals surface area (Å²) in [6.45, 7) is 10.3. The number of methoxy groups -OCH3 is 1. The molecule has 2 N–H and O–H groups in total. The molecule has 1 aromatic rings. The second-order valence-corrected chi connectivity index (χ2v) is 7.09. The van der Waals surface area contributed by atoms with Gasteiger partial charge in [0.1, 0.15) is 0 Å². The van der Waals surface area contributed by atoms with Crippen LogP contribution in [0.3, 0.4) is 0 Å². The summed E-state index contributed by atoms with van der Waals surface area (Å²) in [6.07, 6.45) is 2.49. The quantitative estimate of drug-likeness (QED) is 0.315. The van der Waals surface area contributed by atoms with Crippen molar-refractivity contribution in [1.82, 2.24) is 15.5 Å². The van der Waals surface area contributed by atoms with E-state index >= 15 is 0 Å². The Morgan fingerprint density at radius 1 is 1.24 bits per heavy atom. The van der Waals surface area contributed by atoms with Crippen molar-refractivity contribution in [3.63, 3.8) is 0 Å². The first-order chi connectivity index (χ1) is 13.6. The number of likely N-dealkylation sites (tertiary alicyclic amines) is 1. The standard InChI is InChI=1S/C21H34N4O3.HI/c1-5-22-20(26)15-28-18-10-9-17(12-19(18)27-4)13-24-21(23-6-2)25-11-7-8-16(3)14-25;/h9-10,12,16H,5-8,11,13-15H2,1-4H3,(H,22,26)(H,23,24);1H. The Labute approximate surface area is 191 Å². The summed E-state index contributed by atoms with van der Waals surface area (Å²) in [5.41, 5.74) is 1.03. The highest BCUT2D eigenvalue weighted by Gasteiger charge is 2.19. The Bertz CT molecular complexity index is 669. The largest absolute Gasteiger partial charge is 0.493 e. The molecule has 0 saturated carbocycles. The molecule has 1 aromatic carbocycles. The predicted molar refractivity (Wildman–Crippen MR) is 127 cm³/mol. The van der Waals surface area contributed by atoms with E-state index in [9.17, 15) is 4.79 Å². The van der Waals surface area contributed by atoms with Crippen LogP contribution in [0.5, 0.6) is 11.5 Å². The van der Waals surface area contributed by atoms with Gasteiger partial charge in [-0.2, -0.15) is 0 Å². The number of carbonyl (C=O) groups is 1. The van der Waals surface area contributed by atoms with Crippen molar-refractivity contribution in [2.45, 2.75) is 40.2 Å². The maximum Gasteiger partial charge on any atom is 0.257 e. The molecular formula is C21H35IN4O3. The molecule has 29 heavy (non-hydrogen) atoms. The molecule has 0 bridgehead atoms. The number of rotatable bonds is 8. The van der Waals surface area contributed by atoms with E-state index in [0.717, 1.165) is 31.2 Å². The monoisotopic (exact) mass is 518 g/mol. The van der Waals surface area contributed by atoms with Crippen LogP contribution in [0, 0.1) is 5.92 Å². The van der Waals surface area contributed by atoms with E-state index in [2.05, 4.69) is 29.4 Å². The molecule has 1 fully saturated rings. The second-order valence-electron chi connectivity index (χ2n) is 7.09. The number of hydrogen-bond donors (Lipinski definition) is 2. The van der Waals surface area contributed by atoms with Crippen LogP contribution in [-0.2, 0) is 11.3 Å². The van der Waals surface area contributed by atoms with Crippen LogP contribution in [0.15, 0.2) is 23.2 Å². The predicted octanol–water partition coefficient (Wildman–Crippen LogP) is 3.03. The summed E-state index contributed by atoms with van der Waals surface area (Å²) >= 11 is 0. The minimum atomic E-state index is -0.149. The van der Waals surface area contributed by atoms with Gasteiger partial charge in [-0.15, -0.1) is 24.0 Å². The normalized spacial score (nSPS) is 16.6. The van der Waals surface area contributed by atoms with Gasteiger partial charge in [0.25, 0.3) is 5.91 Å². The van der Waals surface area contributed by atoms with Gasteiger partial charge >= 0.3 is 0 Å². The third kappa shape index (κ3) is 8.28. The van der Waals surface area contributed by atoms with E-state index in [1.807, 2.05) is 25.1 Å². The number of aliphatic imine (C=N–C) groups is 1. The van der Waals surface area contributed by atoms with Crippen molar-refractivity contribution in [2.24, 2.45) is 10.9 Å². The van der Waals surface area contributed by atoms with Gasteiger partial charge < -0.3 is 25.0 Å². The second kappa shape index (κ2) is 13.5. The van der Waals surface area contributed by atoms with Crippen molar-refractivity contribution in [3.8, 4) is 11.5 Å². The van der Waals surface area contributed by atoms with E-state index in [1.54, 1.807) is 7.11 Å². The van der Waals surface area contributed by atoms with Crippen LogP contribution in [0.1, 0.15) is 39.2 Å². The maximum atomic E-state index is 11.6. The van der Waals surface area contributed by atoms with Crippen LogP contribution in [-0.4, -0.2) is 56.7 Å². The number of nitrogens with one attached hydrogen (secondary N) is 2. The highest BCUT2D eigenvalue weighted by molar-refractivity contribution is 14.0. The van der Waals surface area contributed by atoms with Gasteiger partial charge in [-0.25, -0.2) is 4.99 Å². The molecular weight excluding hydrogens is 483 g/mol. The number of ether oxygens (including phenoxy) is 2. The number of nitrogens with zero attached hydrogens (tertiary/aromatic N) is 2. The molecule has 1 saturated heterocycles. The Hall–Kier alpha value is -1.71. The maximum absolute atomic E-state index is 11.6. The van der Waals surface area contributed by atoms with Gasteiger partial charge in [-0.1, -0.05) is 13.0 Å². The Balaban J connectivity index is 0.00000420. The SMILES string of the molecule is CCNC(=O)COc1ccc(CN=C(NCC)N2CCCC(C)C2)cc1OC.I. The van der Waals surface area contributed by atoms with Crippen molar-refractivity contribution >= 4 is 35.8 Å². The van der Waals surface area contributed by atoms with Gasteiger partial charge in [-0.3, -0.25) is 4.79 Å². The minimum absolute atomic E-state index is 0. The lowest BCUT2D eigenvalue weighted by Crippen LogP contribution is -2.46. The van der Waals surface area contributed by atoms with Gasteiger partial charge in [0.2, 0.25) is 0 Å². The molecule has 0 aromatic heterocycles. The summed E-state index contributed by atoms with van der Waals surface area (Å²) in [6, 6.07) is 5.71. The molecule has 1 aliphatic heterocycles. The first-order valence-corrected chi connectivity index (χ1v) is 10.2. The third-order valence-corrected chi connectivity index (χ3v) is 4.66. The van der Waals surface area contributed by atoms with Gasteiger partial charge in [0, 0.05) is 26.2 Å². The van der Waals surface area contributed by atoms with Crippen LogP contribution < -0.4 is 20.1 Å². The third-order valence-electron chi connectivity index (χ3n) is 4.66. The van der Waals surface area contributed by atoms with Crippen LogP contribution >= 0.6 is 24.0 Å². The van der Waals surface area contributed by atoms with Crippen molar-refractivity contribution in [1.29, 1.82) is 0 Å². The molecule has 2 rings (SSSR count). The van der Waals surface area contributed by atoms with Crippen LogP contribution in [0.4, 0.5) is 0 Å². The Kier molecular flexibility index (Phi) is 11.8. The zero-order valence-corrected chi connectivity index (χ0v) is 20.3. The lowest BCUT2D eigenvalue weighted by Gasteiger charge is -2.33. The molecule has 1 heterocycles. The number of guanidine groups is 1. The van der Waals surface area contributed by atoms with E-state index in [1.165, 1.54) is 12.8 Å². The molecule has 1 atom stereocenters. The fourth-order valence-electron chi connectivity index (χ4n) is 3.29. The first-order valence-electron chi connectivity index (χ1n) is 10.2. The fourth-order valence-corrected chi connectivity index (χ4v) is 3.29. The summed E-state index contributed by atoms with van der Waals surface area (Å²) in [5, 5.41) is 6.11. The van der Waals surface area contributed by atoms with Crippen molar-refractivity contribution < 1.29 is 14.3 Å². The number of amides is 1. The zero-order valence-electron chi connectivity index (χ0n) is 18.0. The van der Waals surface area contributed by atoms with Crippen molar-refractivity contribution in [2.75, 3.05) is 39.9 Å². The van der Waals surface area contributed by atoms with Crippen LogP contribution in [0.25, 0.3) is 0 Å². The highest BCUT2D eigenvalue weighted by atomic mass is 127. The van der Waals surface area contributed by atoms with Crippen molar-refractivity contribution in [3.05, 3.63) is 23.8 Å². The lowest BCUT2D eigenvalue weighted by atomic mass is 10.0. The topological polar surface area (TPSA) is 75.2 Å². The molecule has 0 spiro atoms. The Morgan fingerprint density at radius 3 is 2.66 bits per heavy atom. The highest BCUT2D eigenvalue weighted by Crippen LogP contribution is 2.28. The Morgan fingerprint density at radius 2 is 2.00 bits per heavy atom. The van der Waals surface area contributed by atoms with Gasteiger partial charge in [-0.05, 0) is 50.3 Å². The lowest BCUT2D eigenvalue weighted by molar-refractivity contribution is -0.123. The number of hydrogen-bond acceptors (Lipinski definition) is 4. The summed E-state index contributed by atoms with van der Waals surface area (Å²) in [5.74, 6) is 2.67. The van der Waals surface area contributed by atoms with E-state index in [4.69, 9.17) is 14.5 Å². The van der Waals surface area contributed by atoms with Crippen LogP contribution in [0.2, 0.25) is 0 Å². The van der Waals surface area contributed by atoms with Gasteiger partial charge in [0.05, 0.1) is 13.7 Å².